The maximum Gasteiger partial charge on any atom is 0.0668 e. The minimum absolute atomic E-state index is 0.568. The smallest absolute Gasteiger partial charge is 0.0668 e. The number of aliphatic imine (C=N–C) groups is 1. The van der Waals surface area contributed by atoms with Crippen molar-refractivity contribution in [2.75, 3.05) is 0 Å². The lowest BCUT2D eigenvalue weighted by atomic mass is 10.2. The molecule has 0 heterocycles. The van der Waals surface area contributed by atoms with E-state index in [1.807, 2.05) is 25.1 Å². The maximum absolute atomic E-state index is 6.00. The first-order chi connectivity index (χ1) is 6.65. The van der Waals surface area contributed by atoms with Gasteiger partial charge in [0.1, 0.15) is 0 Å². The number of rotatable bonds is 3. The van der Waals surface area contributed by atoms with Gasteiger partial charge in [-0.15, -0.1) is 0 Å². The van der Waals surface area contributed by atoms with Gasteiger partial charge in [0.2, 0.25) is 0 Å². The van der Waals surface area contributed by atoms with Crippen LogP contribution in [-0.2, 0) is 6.54 Å². The second-order valence-electron chi connectivity index (χ2n) is 3.11. The Bertz CT molecular complexity index is 325. The van der Waals surface area contributed by atoms with E-state index in [9.17, 15) is 0 Å². The summed E-state index contributed by atoms with van der Waals surface area (Å²) in [6.45, 7) is 4.65. The average Bonchev–Trinajstić information content (AvgIpc) is 2.16. The fourth-order valence-electron chi connectivity index (χ4n) is 1.01. The van der Waals surface area contributed by atoms with E-state index < -0.39 is 0 Å². The highest BCUT2D eigenvalue weighted by molar-refractivity contribution is 6.35. The molecule has 0 saturated heterocycles. The molecule has 0 radical (unpaired) electrons. The first-order valence-electron chi connectivity index (χ1n) is 4.58. The van der Waals surface area contributed by atoms with Crippen LogP contribution in [-0.4, -0.2) is 5.71 Å². The van der Waals surface area contributed by atoms with Crippen molar-refractivity contribution in [3.63, 3.8) is 0 Å². The summed E-state index contributed by atoms with van der Waals surface area (Å²) in [6.07, 6.45) is 0.960. The van der Waals surface area contributed by atoms with Crippen molar-refractivity contribution >= 4 is 28.9 Å². The normalized spacial score (nSPS) is 11.9. The summed E-state index contributed by atoms with van der Waals surface area (Å²) >= 11 is 12.0. The van der Waals surface area contributed by atoms with E-state index in [0.29, 0.717) is 16.6 Å². The van der Waals surface area contributed by atoms with Crippen LogP contribution < -0.4 is 0 Å². The SMILES string of the molecule is CCC(C)=NCc1c(Cl)cccc1Cl. The van der Waals surface area contributed by atoms with Crippen LogP contribution in [0.2, 0.25) is 10.0 Å². The van der Waals surface area contributed by atoms with Crippen LogP contribution in [0, 0.1) is 0 Å². The molecule has 1 nitrogen and oxygen atoms in total. The van der Waals surface area contributed by atoms with E-state index in [-0.39, 0.29) is 0 Å². The summed E-state index contributed by atoms with van der Waals surface area (Å²) in [5.74, 6) is 0. The molecule has 0 fully saturated rings. The third kappa shape index (κ3) is 3.00. The van der Waals surface area contributed by atoms with Crippen molar-refractivity contribution in [2.24, 2.45) is 4.99 Å². The summed E-state index contributed by atoms with van der Waals surface area (Å²) in [5, 5.41) is 1.37. The second kappa shape index (κ2) is 5.38. The van der Waals surface area contributed by atoms with E-state index in [2.05, 4.69) is 11.9 Å². The lowest BCUT2D eigenvalue weighted by Crippen LogP contribution is -1.91. The molecular formula is C11H13Cl2N. The van der Waals surface area contributed by atoms with Crippen molar-refractivity contribution in [1.29, 1.82) is 0 Å². The zero-order valence-electron chi connectivity index (χ0n) is 8.35. The van der Waals surface area contributed by atoms with E-state index in [4.69, 9.17) is 23.2 Å². The van der Waals surface area contributed by atoms with E-state index >= 15 is 0 Å². The highest BCUT2D eigenvalue weighted by Gasteiger charge is 2.03. The van der Waals surface area contributed by atoms with E-state index in [1.165, 1.54) is 0 Å². The van der Waals surface area contributed by atoms with Crippen LogP contribution in [0.3, 0.4) is 0 Å². The Kier molecular flexibility index (Phi) is 4.43. The van der Waals surface area contributed by atoms with Crippen molar-refractivity contribution < 1.29 is 0 Å². The first kappa shape index (κ1) is 11.5. The lowest BCUT2D eigenvalue weighted by molar-refractivity contribution is 1.04. The Labute approximate surface area is 94.8 Å². The summed E-state index contributed by atoms with van der Waals surface area (Å²) in [4.78, 5) is 4.38. The predicted octanol–water partition coefficient (Wildman–Crippen LogP) is 4.36. The van der Waals surface area contributed by atoms with Crippen LogP contribution in [0.5, 0.6) is 0 Å². The molecular weight excluding hydrogens is 217 g/mol. The molecule has 76 valence electrons. The highest BCUT2D eigenvalue weighted by atomic mass is 35.5. The maximum atomic E-state index is 6.00. The molecule has 0 aromatic heterocycles. The third-order valence-electron chi connectivity index (χ3n) is 2.08. The predicted molar refractivity (Wildman–Crippen MR) is 63.6 cm³/mol. The first-order valence-corrected chi connectivity index (χ1v) is 5.33. The van der Waals surface area contributed by atoms with Gasteiger partial charge in [0.15, 0.2) is 0 Å². The van der Waals surface area contributed by atoms with E-state index in [0.717, 1.165) is 17.7 Å². The Morgan fingerprint density at radius 2 is 1.86 bits per heavy atom. The standard InChI is InChI=1S/C11H13Cl2N/c1-3-8(2)14-7-9-10(12)5-4-6-11(9)13/h4-6H,3,7H2,1-2H3. The summed E-state index contributed by atoms with van der Waals surface area (Å²) in [6, 6.07) is 5.50. The van der Waals surface area contributed by atoms with Crippen molar-refractivity contribution in [3.8, 4) is 0 Å². The van der Waals surface area contributed by atoms with Crippen LogP contribution in [0.25, 0.3) is 0 Å². The minimum Gasteiger partial charge on any atom is -0.290 e. The average molecular weight is 230 g/mol. The van der Waals surface area contributed by atoms with Crippen molar-refractivity contribution in [2.45, 2.75) is 26.8 Å². The molecule has 0 unspecified atom stereocenters. The van der Waals surface area contributed by atoms with Gasteiger partial charge in [-0.05, 0) is 25.5 Å². The van der Waals surface area contributed by atoms with Crippen LogP contribution in [0.4, 0.5) is 0 Å². The van der Waals surface area contributed by atoms with Gasteiger partial charge in [0.05, 0.1) is 6.54 Å². The fraction of sp³-hybridized carbons (Fsp3) is 0.364. The highest BCUT2D eigenvalue weighted by Crippen LogP contribution is 2.24. The molecule has 0 aliphatic carbocycles. The largest absolute Gasteiger partial charge is 0.290 e. The fourth-order valence-corrected chi connectivity index (χ4v) is 1.53. The summed E-state index contributed by atoms with van der Waals surface area (Å²) < 4.78 is 0. The number of hydrogen-bond acceptors (Lipinski definition) is 1. The number of nitrogens with zero attached hydrogens (tertiary/aromatic N) is 1. The molecule has 0 saturated carbocycles. The van der Waals surface area contributed by atoms with Gasteiger partial charge < -0.3 is 0 Å². The number of hydrogen-bond donors (Lipinski definition) is 0. The molecule has 0 atom stereocenters. The Balaban J connectivity index is 2.86. The molecule has 0 aliphatic heterocycles. The topological polar surface area (TPSA) is 12.4 Å². The molecule has 0 N–H and O–H groups in total. The molecule has 0 amide bonds. The van der Waals surface area contributed by atoms with Gasteiger partial charge in [-0.25, -0.2) is 0 Å². The molecule has 1 aromatic rings. The minimum atomic E-state index is 0.568. The Morgan fingerprint density at radius 1 is 1.29 bits per heavy atom. The Morgan fingerprint density at radius 3 is 2.36 bits per heavy atom. The molecule has 1 rings (SSSR count). The zero-order chi connectivity index (χ0) is 10.6. The monoisotopic (exact) mass is 229 g/mol. The van der Waals surface area contributed by atoms with Gasteiger partial charge >= 0.3 is 0 Å². The third-order valence-corrected chi connectivity index (χ3v) is 2.79. The van der Waals surface area contributed by atoms with Crippen LogP contribution in [0.15, 0.2) is 23.2 Å². The van der Waals surface area contributed by atoms with Crippen LogP contribution in [0.1, 0.15) is 25.8 Å². The molecule has 1 aromatic carbocycles. The summed E-state index contributed by atoms with van der Waals surface area (Å²) in [5.41, 5.74) is 2.02. The molecule has 0 aliphatic rings. The Hall–Kier alpha value is -0.530. The van der Waals surface area contributed by atoms with Gasteiger partial charge in [0, 0.05) is 21.3 Å². The van der Waals surface area contributed by atoms with Gasteiger partial charge in [-0.1, -0.05) is 36.2 Å². The quantitative estimate of drug-likeness (QED) is 0.684. The molecule has 0 spiro atoms. The van der Waals surface area contributed by atoms with E-state index in [1.54, 1.807) is 0 Å². The number of halogens is 2. The second-order valence-corrected chi connectivity index (χ2v) is 3.92. The molecule has 14 heavy (non-hydrogen) atoms. The summed E-state index contributed by atoms with van der Waals surface area (Å²) in [7, 11) is 0. The molecule has 3 heteroatoms. The van der Waals surface area contributed by atoms with Gasteiger partial charge in [-0.2, -0.15) is 0 Å². The van der Waals surface area contributed by atoms with Crippen molar-refractivity contribution in [1.82, 2.24) is 0 Å². The number of benzene rings is 1. The zero-order valence-corrected chi connectivity index (χ0v) is 9.86. The van der Waals surface area contributed by atoms with Crippen LogP contribution >= 0.6 is 23.2 Å². The molecule has 0 bridgehead atoms. The lowest BCUT2D eigenvalue weighted by Gasteiger charge is -2.03. The van der Waals surface area contributed by atoms with Gasteiger partial charge in [0.25, 0.3) is 0 Å². The van der Waals surface area contributed by atoms with Gasteiger partial charge in [-0.3, -0.25) is 4.99 Å². The van der Waals surface area contributed by atoms with Crippen molar-refractivity contribution in [3.05, 3.63) is 33.8 Å².